The van der Waals surface area contributed by atoms with E-state index in [1.165, 1.54) is 0 Å². The summed E-state index contributed by atoms with van der Waals surface area (Å²) in [6.07, 6.45) is 0.920. The molecular weight excluding hydrogens is 310 g/mol. The lowest BCUT2D eigenvalue weighted by Crippen LogP contribution is -2.35. The molecule has 24 heavy (non-hydrogen) atoms. The van der Waals surface area contributed by atoms with E-state index in [1.54, 1.807) is 0 Å². The summed E-state index contributed by atoms with van der Waals surface area (Å²) in [6.45, 7) is 13.9. The predicted molar refractivity (Wildman–Crippen MR) is 95.2 cm³/mol. The van der Waals surface area contributed by atoms with Crippen LogP contribution in [0.4, 0.5) is 9.59 Å². The second-order valence-corrected chi connectivity index (χ2v) is 7.87. The Labute approximate surface area is 146 Å². The molecule has 0 radical (unpaired) electrons. The number of hydrogen-bond acceptors (Lipinski definition) is 5. The molecule has 7 nitrogen and oxygen atoms in total. The molecule has 0 aliphatic rings. The molecule has 0 atom stereocenters. The van der Waals surface area contributed by atoms with Gasteiger partial charge in [0.15, 0.2) is 0 Å². The lowest BCUT2D eigenvalue weighted by Gasteiger charge is -2.21. The van der Waals surface area contributed by atoms with Gasteiger partial charge in [-0.05, 0) is 74.5 Å². The molecule has 0 bridgehead atoms. The first-order chi connectivity index (χ1) is 10.9. The first kappa shape index (κ1) is 22.5. The zero-order chi connectivity index (χ0) is 18.8. The number of alkyl carbamates (subject to hydrolysis) is 2. The molecule has 2 amide bonds. The average Bonchev–Trinajstić information content (AvgIpc) is 2.35. The topological polar surface area (TPSA) is 79.9 Å². The maximum Gasteiger partial charge on any atom is 0.407 e. The van der Waals surface area contributed by atoms with Gasteiger partial charge in [0.1, 0.15) is 11.2 Å². The number of carbonyl (C=O) groups is 2. The number of rotatable bonds is 8. The van der Waals surface area contributed by atoms with Crippen LogP contribution in [-0.2, 0) is 9.47 Å². The van der Waals surface area contributed by atoms with Gasteiger partial charge < -0.3 is 25.0 Å². The van der Waals surface area contributed by atoms with E-state index in [0.717, 1.165) is 25.9 Å². The standard InChI is InChI=1S/C17H35N3O4/c1-16(2,3)23-14(21)18-10-8-12-20(7)13-9-11-19-15(22)24-17(4,5)6/h8-13H2,1-7H3,(H,18,21)(H,19,22). The van der Waals surface area contributed by atoms with Gasteiger partial charge in [-0.15, -0.1) is 0 Å². The van der Waals surface area contributed by atoms with E-state index < -0.39 is 11.2 Å². The highest BCUT2D eigenvalue weighted by molar-refractivity contribution is 5.67. The van der Waals surface area contributed by atoms with Crippen LogP contribution in [0.25, 0.3) is 0 Å². The molecule has 0 aliphatic heterocycles. The Morgan fingerprint density at radius 2 is 1.12 bits per heavy atom. The second kappa shape index (κ2) is 10.4. The number of hydrogen-bond donors (Lipinski definition) is 2. The van der Waals surface area contributed by atoms with Crippen molar-refractivity contribution in [2.75, 3.05) is 33.2 Å². The first-order valence-corrected chi connectivity index (χ1v) is 8.51. The van der Waals surface area contributed by atoms with Crippen molar-refractivity contribution in [3.63, 3.8) is 0 Å². The Bertz CT molecular complexity index is 350. The Balaban J connectivity index is 3.62. The lowest BCUT2D eigenvalue weighted by atomic mass is 10.2. The van der Waals surface area contributed by atoms with Crippen molar-refractivity contribution >= 4 is 12.2 Å². The van der Waals surface area contributed by atoms with Crippen molar-refractivity contribution in [1.82, 2.24) is 15.5 Å². The summed E-state index contributed by atoms with van der Waals surface area (Å²) in [5.74, 6) is 0. The van der Waals surface area contributed by atoms with E-state index in [0.29, 0.717) is 13.1 Å². The normalized spacial score (nSPS) is 12.0. The van der Waals surface area contributed by atoms with Crippen LogP contribution in [0.2, 0.25) is 0 Å². The first-order valence-electron chi connectivity index (χ1n) is 8.51. The van der Waals surface area contributed by atoms with E-state index >= 15 is 0 Å². The fourth-order valence-electron chi connectivity index (χ4n) is 1.82. The molecule has 0 fully saturated rings. The van der Waals surface area contributed by atoms with Gasteiger partial charge in [-0.2, -0.15) is 0 Å². The Hall–Kier alpha value is -1.50. The van der Waals surface area contributed by atoms with Crippen LogP contribution in [0.15, 0.2) is 0 Å². The zero-order valence-electron chi connectivity index (χ0n) is 16.3. The van der Waals surface area contributed by atoms with Gasteiger partial charge in [-0.3, -0.25) is 0 Å². The highest BCUT2D eigenvalue weighted by Gasteiger charge is 2.16. The molecule has 0 unspecified atom stereocenters. The van der Waals surface area contributed by atoms with Gasteiger partial charge >= 0.3 is 12.2 Å². The number of ether oxygens (including phenoxy) is 2. The number of amides is 2. The molecule has 7 heteroatoms. The van der Waals surface area contributed by atoms with Crippen LogP contribution in [0.3, 0.4) is 0 Å². The molecule has 0 aliphatic carbocycles. The molecule has 0 heterocycles. The Morgan fingerprint density at radius 3 is 1.42 bits per heavy atom. The van der Waals surface area contributed by atoms with Gasteiger partial charge in [0.2, 0.25) is 0 Å². The summed E-state index contributed by atoms with van der Waals surface area (Å²) >= 11 is 0. The predicted octanol–water partition coefficient (Wildman–Crippen LogP) is 2.75. The third-order valence-electron chi connectivity index (χ3n) is 2.77. The van der Waals surface area contributed by atoms with Crippen LogP contribution in [0, 0.1) is 0 Å². The third-order valence-corrected chi connectivity index (χ3v) is 2.77. The smallest absolute Gasteiger partial charge is 0.407 e. The van der Waals surface area contributed by atoms with Gasteiger partial charge in [-0.25, -0.2) is 9.59 Å². The van der Waals surface area contributed by atoms with Crippen LogP contribution in [-0.4, -0.2) is 61.5 Å². The lowest BCUT2D eigenvalue weighted by molar-refractivity contribution is 0.0516. The molecule has 2 N–H and O–H groups in total. The highest BCUT2D eigenvalue weighted by atomic mass is 16.6. The largest absolute Gasteiger partial charge is 0.444 e. The van der Waals surface area contributed by atoms with E-state index in [2.05, 4.69) is 15.5 Å². The summed E-state index contributed by atoms with van der Waals surface area (Å²) in [5, 5.41) is 5.47. The minimum Gasteiger partial charge on any atom is -0.444 e. The molecule has 0 saturated carbocycles. The summed E-state index contributed by atoms with van der Waals surface area (Å²) < 4.78 is 10.3. The quantitative estimate of drug-likeness (QED) is 0.661. The minimum atomic E-state index is -0.470. The van der Waals surface area contributed by atoms with E-state index in [4.69, 9.17) is 9.47 Å². The maximum absolute atomic E-state index is 11.5. The van der Waals surface area contributed by atoms with Crippen LogP contribution in [0.1, 0.15) is 54.4 Å². The molecule has 0 saturated heterocycles. The molecule has 0 spiro atoms. The molecule has 142 valence electrons. The fraction of sp³-hybridized carbons (Fsp3) is 0.882. The molecule has 0 aromatic rings. The summed E-state index contributed by atoms with van der Waals surface area (Å²) in [4.78, 5) is 25.1. The van der Waals surface area contributed by atoms with Crippen molar-refractivity contribution < 1.29 is 19.1 Å². The number of carbonyl (C=O) groups excluding carboxylic acids is 2. The number of nitrogens with one attached hydrogen (secondary N) is 2. The van der Waals surface area contributed by atoms with E-state index in [1.807, 2.05) is 48.6 Å². The van der Waals surface area contributed by atoms with Crippen LogP contribution < -0.4 is 10.6 Å². The minimum absolute atomic E-state index is 0.383. The van der Waals surface area contributed by atoms with Gasteiger partial charge in [0.05, 0.1) is 0 Å². The van der Waals surface area contributed by atoms with Gasteiger partial charge in [0, 0.05) is 13.1 Å². The van der Waals surface area contributed by atoms with Crippen molar-refractivity contribution in [2.24, 2.45) is 0 Å². The average molecular weight is 345 g/mol. The molecule has 0 aromatic heterocycles. The summed E-state index contributed by atoms with van der Waals surface area (Å²) in [6, 6.07) is 0. The highest BCUT2D eigenvalue weighted by Crippen LogP contribution is 2.07. The summed E-state index contributed by atoms with van der Waals surface area (Å²) in [7, 11) is 2.01. The van der Waals surface area contributed by atoms with Crippen LogP contribution >= 0.6 is 0 Å². The Morgan fingerprint density at radius 1 is 0.792 bits per heavy atom. The van der Waals surface area contributed by atoms with Crippen molar-refractivity contribution in [1.29, 1.82) is 0 Å². The molecule has 0 rings (SSSR count). The zero-order valence-corrected chi connectivity index (χ0v) is 16.3. The number of nitrogens with zero attached hydrogens (tertiary/aromatic N) is 1. The third kappa shape index (κ3) is 15.4. The van der Waals surface area contributed by atoms with E-state index in [-0.39, 0.29) is 12.2 Å². The van der Waals surface area contributed by atoms with Crippen molar-refractivity contribution in [3.05, 3.63) is 0 Å². The van der Waals surface area contributed by atoms with Gasteiger partial charge in [0.25, 0.3) is 0 Å². The SMILES string of the molecule is CN(CCCNC(=O)OC(C)(C)C)CCCNC(=O)OC(C)(C)C. The maximum atomic E-state index is 11.5. The van der Waals surface area contributed by atoms with Crippen molar-refractivity contribution in [3.8, 4) is 0 Å². The summed E-state index contributed by atoms with van der Waals surface area (Å²) in [5.41, 5.74) is -0.940. The monoisotopic (exact) mass is 345 g/mol. The fourth-order valence-corrected chi connectivity index (χ4v) is 1.82. The van der Waals surface area contributed by atoms with E-state index in [9.17, 15) is 9.59 Å². The van der Waals surface area contributed by atoms with Crippen molar-refractivity contribution in [2.45, 2.75) is 65.6 Å². The Kier molecular flexibility index (Phi) is 9.73. The molecule has 0 aromatic carbocycles. The second-order valence-electron chi connectivity index (χ2n) is 7.87. The molecular formula is C17H35N3O4. The van der Waals surface area contributed by atoms with Crippen LogP contribution in [0.5, 0.6) is 0 Å². The van der Waals surface area contributed by atoms with Gasteiger partial charge in [-0.1, -0.05) is 0 Å².